The summed E-state index contributed by atoms with van der Waals surface area (Å²) in [7, 11) is 0. The minimum absolute atomic E-state index is 0.0308. The molecule has 0 spiro atoms. The average Bonchev–Trinajstić information content (AvgIpc) is 2.82. The van der Waals surface area contributed by atoms with E-state index in [0.29, 0.717) is 17.2 Å². The fourth-order valence-electron chi connectivity index (χ4n) is 1.91. The van der Waals surface area contributed by atoms with Crippen LogP contribution in [0.1, 0.15) is 0 Å². The van der Waals surface area contributed by atoms with Crippen LogP contribution in [0, 0.1) is 10.1 Å². The maximum atomic E-state index is 10.7. The Kier molecular flexibility index (Phi) is 2.87. The van der Waals surface area contributed by atoms with Gasteiger partial charge in [0.25, 0.3) is 5.69 Å². The minimum atomic E-state index is -0.444. The molecule has 3 rings (SSSR count). The van der Waals surface area contributed by atoms with E-state index < -0.39 is 4.92 Å². The van der Waals surface area contributed by atoms with Gasteiger partial charge in [0.2, 0.25) is 0 Å². The Balaban J connectivity index is 2.17. The predicted molar refractivity (Wildman–Crippen MR) is 77.2 cm³/mol. The molecule has 7 nitrogen and oxygen atoms in total. The van der Waals surface area contributed by atoms with Crippen molar-refractivity contribution in [1.82, 2.24) is 14.6 Å². The highest BCUT2D eigenvalue weighted by Gasteiger charge is 2.12. The number of halogens is 1. The highest BCUT2D eigenvalue weighted by atomic mass is 79.9. The molecule has 0 atom stereocenters. The zero-order chi connectivity index (χ0) is 14.3. The van der Waals surface area contributed by atoms with Gasteiger partial charge in [0.1, 0.15) is 0 Å². The van der Waals surface area contributed by atoms with Gasteiger partial charge in [-0.15, -0.1) is 10.2 Å². The van der Waals surface area contributed by atoms with E-state index in [1.165, 1.54) is 12.1 Å². The average molecular weight is 334 g/mol. The Labute approximate surface area is 121 Å². The number of nitro groups is 1. The predicted octanol–water partition coefficient (Wildman–Crippen LogP) is 2.65. The van der Waals surface area contributed by atoms with Crippen molar-refractivity contribution in [2.24, 2.45) is 0 Å². The number of non-ortho nitro benzene ring substituents is 1. The molecule has 2 heterocycles. The van der Waals surface area contributed by atoms with Crippen molar-refractivity contribution in [2.75, 3.05) is 5.73 Å². The third-order valence-corrected chi connectivity index (χ3v) is 3.27. The molecule has 8 heteroatoms. The highest BCUT2D eigenvalue weighted by Crippen LogP contribution is 2.25. The van der Waals surface area contributed by atoms with Gasteiger partial charge in [-0.2, -0.15) is 0 Å². The first kappa shape index (κ1) is 12.5. The number of hydrogen-bond acceptors (Lipinski definition) is 5. The van der Waals surface area contributed by atoms with Gasteiger partial charge >= 0.3 is 0 Å². The fraction of sp³-hybridized carbons (Fsp3) is 0. The van der Waals surface area contributed by atoms with Crippen LogP contribution in [0.25, 0.3) is 17.0 Å². The lowest BCUT2D eigenvalue weighted by Gasteiger charge is -2.02. The monoisotopic (exact) mass is 333 g/mol. The molecule has 0 aliphatic carbocycles. The molecule has 0 amide bonds. The van der Waals surface area contributed by atoms with Crippen LogP contribution in [-0.4, -0.2) is 19.5 Å². The molecular formula is C12H8BrN5O2. The maximum absolute atomic E-state index is 10.7. The van der Waals surface area contributed by atoms with Gasteiger partial charge in [0.15, 0.2) is 11.5 Å². The molecule has 0 radical (unpaired) electrons. The Bertz CT molecular complexity index is 813. The molecule has 0 saturated heterocycles. The number of nitro benzene ring substituents is 1. The maximum Gasteiger partial charge on any atom is 0.269 e. The van der Waals surface area contributed by atoms with Crippen molar-refractivity contribution >= 4 is 33.0 Å². The van der Waals surface area contributed by atoms with E-state index in [1.54, 1.807) is 28.8 Å². The zero-order valence-electron chi connectivity index (χ0n) is 10.0. The summed E-state index contributed by atoms with van der Waals surface area (Å²) >= 11 is 3.36. The fourth-order valence-corrected chi connectivity index (χ4v) is 2.36. The summed E-state index contributed by atoms with van der Waals surface area (Å²) in [5.41, 5.74) is 7.67. The SMILES string of the molecule is Nc1cc(Br)cn2c(-c3ccc([N+](=O)[O-])cc3)nnc12. The lowest BCUT2D eigenvalue weighted by Crippen LogP contribution is -1.95. The van der Waals surface area contributed by atoms with Gasteiger partial charge < -0.3 is 5.73 Å². The molecule has 0 saturated carbocycles. The van der Waals surface area contributed by atoms with Crippen molar-refractivity contribution in [3.8, 4) is 11.4 Å². The molecule has 0 aliphatic heterocycles. The van der Waals surface area contributed by atoms with E-state index in [1.807, 2.05) is 0 Å². The summed E-state index contributed by atoms with van der Waals surface area (Å²) in [4.78, 5) is 10.2. The number of hydrogen-bond donors (Lipinski definition) is 1. The normalized spacial score (nSPS) is 10.8. The summed E-state index contributed by atoms with van der Waals surface area (Å²) in [5.74, 6) is 0.572. The van der Waals surface area contributed by atoms with Gasteiger partial charge in [-0.3, -0.25) is 14.5 Å². The lowest BCUT2D eigenvalue weighted by molar-refractivity contribution is -0.384. The van der Waals surface area contributed by atoms with Crippen LogP contribution >= 0.6 is 15.9 Å². The van der Waals surface area contributed by atoms with Crippen molar-refractivity contribution in [3.63, 3.8) is 0 Å². The second kappa shape index (κ2) is 4.57. The second-order valence-electron chi connectivity index (χ2n) is 4.13. The van der Waals surface area contributed by atoms with E-state index in [4.69, 9.17) is 5.73 Å². The van der Waals surface area contributed by atoms with E-state index in [9.17, 15) is 10.1 Å². The summed E-state index contributed by atoms with van der Waals surface area (Å²) in [6, 6.07) is 7.86. The van der Waals surface area contributed by atoms with Crippen molar-refractivity contribution in [2.45, 2.75) is 0 Å². The Hall–Kier alpha value is -2.48. The Morgan fingerprint density at radius 3 is 2.60 bits per heavy atom. The number of nitrogen functional groups attached to an aromatic ring is 1. The molecular weight excluding hydrogens is 326 g/mol. The van der Waals surface area contributed by atoms with Crippen LogP contribution in [0.5, 0.6) is 0 Å². The number of anilines is 1. The number of pyridine rings is 1. The van der Waals surface area contributed by atoms with Crippen molar-refractivity contribution in [3.05, 3.63) is 51.1 Å². The van der Waals surface area contributed by atoms with E-state index >= 15 is 0 Å². The van der Waals surface area contributed by atoms with Crippen LogP contribution in [0.4, 0.5) is 11.4 Å². The molecule has 0 aliphatic rings. The van der Waals surface area contributed by atoms with Gasteiger partial charge in [0.05, 0.1) is 10.6 Å². The van der Waals surface area contributed by atoms with Gasteiger partial charge in [0, 0.05) is 28.4 Å². The summed E-state index contributed by atoms with van der Waals surface area (Å²) in [6.07, 6.45) is 1.79. The third kappa shape index (κ3) is 1.99. The third-order valence-electron chi connectivity index (χ3n) is 2.84. The van der Waals surface area contributed by atoms with Gasteiger partial charge in [-0.25, -0.2) is 0 Å². The number of nitrogens with zero attached hydrogens (tertiary/aromatic N) is 4. The molecule has 100 valence electrons. The van der Waals surface area contributed by atoms with Crippen molar-refractivity contribution < 1.29 is 4.92 Å². The Morgan fingerprint density at radius 1 is 1.25 bits per heavy atom. The quantitative estimate of drug-likeness (QED) is 0.574. The smallest absolute Gasteiger partial charge is 0.269 e. The van der Waals surface area contributed by atoms with E-state index in [2.05, 4.69) is 26.1 Å². The second-order valence-corrected chi connectivity index (χ2v) is 5.05. The highest BCUT2D eigenvalue weighted by molar-refractivity contribution is 9.10. The van der Waals surface area contributed by atoms with Gasteiger partial charge in [-0.05, 0) is 34.1 Å². The number of aromatic nitrogens is 3. The first-order chi connectivity index (χ1) is 9.56. The molecule has 0 unspecified atom stereocenters. The molecule has 20 heavy (non-hydrogen) atoms. The molecule has 2 N–H and O–H groups in total. The summed E-state index contributed by atoms with van der Waals surface area (Å²) < 4.78 is 2.53. The summed E-state index contributed by atoms with van der Waals surface area (Å²) in [6.45, 7) is 0. The van der Waals surface area contributed by atoms with E-state index in [0.717, 1.165) is 10.0 Å². The number of fused-ring (bicyclic) bond motifs is 1. The number of nitrogens with two attached hydrogens (primary N) is 1. The molecule has 1 aromatic carbocycles. The van der Waals surface area contributed by atoms with E-state index in [-0.39, 0.29) is 5.69 Å². The standard InChI is InChI=1S/C12H8BrN5O2/c13-8-5-10(14)12-16-15-11(17(12)6-8)7-1-3-9(4-2-7)18(19)20/h1-6H,14H2. The first-order valence-corrected chi connectivity index (χ1v) is 6.40. The topological polar surface area (TPSA) is 99.3 Å². The van der Waals surface area contributed by atoms with Gasteiger partial charge in [-0.1, -0.05) is 0 Å². The van der Waals surface area contributed by atoms with Crippen molar-refractivity contribution in [1.29, 1.82) is 0 Å². The minimum Gasteiger partial charge on any atom is -0.396 e. The first-order valence-electron chi connectivity index (χ1n) is 5.61. The zero-order valence-corrected chi connectivity index (χ0v) is 11.6. The molecule has 0 fully saturated rings. The molecule has 0 bridgehead atoms. The van der Waals surface area contributed by atoms with Crippen LogP contribution in [0.15, 0.2) is 41.0 Å². The number of rotatable bonds is 2. The van der Waals surface area contributed by atoms with Crippen LogP contribution in [0.2, 0.25) is 0 Å². The lowest BCUT2D eigenvalue weighted by atomic mass is 10.2. The van der Waals surface area contributed by atoms with Crippen LogP contribution in [-0.2, 0) is 0 Å². The largest absolute Gasteiger partial charge is 0.396 e. The summed E-state index contributed by atoms with van der Waals surface area (Å²) in [5, 5.41) is 18.8. The van der Waals surface area contributed by atoms with Crippen LogP contribution < -0.4 is 5.73 Å². The Morgan fingerprint density at radius 2 is 1.95 bits per heavy atom. The van der Waals surface area contributed by atoms with Crippen LogP contribution in [0.3, 0.4) is 0 Å². The number of benzene rings is 1. The molecule has 3 aromatic rings. The molecule has 2 aromatic heterocycles.